The molecule has 0 saturated heterocycles. The lowest BCUT2D eigenvalue weighted by Gasteiger charge is -2.16. The number of aryl methyl sites for hydroxylation is 2. The summed E-state index contributed by atoms with van der Waals surface area (Å²) in [4.78, 5) is 24.3. The third-order valence-electron chi connectivity index (χ3n) is 7.74. The Hall–Kier alpha value is -5.80. The number of carbonyl (C=O) groups is 1. The van der Waals surface area contributed by atoms with Crippen molar-refractivity contribution in [3.05, 3.63) is 119 Å². The van der Waals surface area contributed by atoms with E-state index >= 15 is 0 Å². The minimum Gasteiger partial charge on any atom is -0.350 e. The van der Waals surface area contributed by atoms with Crippen LogP contribution in [0.5, 0.6) is 0 Å². The molecule has 0 aliphatic rings. The number of hydrogen-bond donors (Lipinski definition) is 2. The van der Waals surface area contributed by atoms with Crippen LogP contribution in [-0.2, 0) is 12.5 Å². The third-order valence-corrected chi connectivity index (χ3v) is 7.74. The van der Waals surface area contributed by atoms with Crippen LogP contribution < -0.4 is 10.6 Å². The van der Waals surface area contributed by atoms with E-state index in [-0.39, 0.29) is 11.3 Å². The number of rotatable bonds is 9. The van der Waals surface area contributed by atoms with Gasteiger partial charge in [0.25, 0.3) is 11.8 Å². The van der Waals surface area contributed by atoms with Crippen molar-refractivity contribution in [3.63, 3.8) is 0 Å². The molecule has 2 N–H and O–H groups in total. The number of benzene rings is 2. The summed E-state index contributed by atoms with van der Waals surface area (Å²) in [5.74, 6) is 2.82. The van der Waals surface area contributed by atoms with Crippen molar-refractivity contribution < 1.29 is 13.6 Å². The van der Waals surface area contributed by atoms with Crippen LogP contribution in [0, 0.1) is 25.7 Å². The number of hydrogen-bond acceptors (Lipinski definition) is 6. The van der Waals surface area contributed by atoms with Crippen molar-refractivity contribution in [2.24, 2.45) is 0 Å². The van der Waals surface area contributed by atoms with Crippen molar-refractivity contribution >= 4 is 28.6 Å². The highest BCUT2D eigenvalue weighted by Gasteiger charge is 2.26. The summed E-state index contributed by atoms with van der Waals surface area (Å²) in [5, 5.41) is 10.6. The molecule has 48 heavy (non-hydrogen) atoms. The summed E-state index contributed by atoms with van der Waals surface area (Å²) in [6.07, 6.45) is 10.6. The second-order valence-electron chi connectivity index (χ2n) is 12.0. The molecule has 10 nitrogen and oxygen atoms in total. The number of likely N-dealkylation sites (N-methyl/N-ethyl adjacent to an activating group) is 1. The molecule has 1 amide bonds. The number of amides is 1. The fraction of sp³-hybridized carbons (Fsp3) is 0.222. The highest BCUT2D eigenvalue weighted by atomic mass is 19.3. The van der Waals surface area contributed by atoms with Crippen LogP contribution in [0.1, 0.15) is 45.4 Å². The SMILES string of the molecule is Cc1cn(-c2cc(NC(=O)c3ccc(C)c(C#Cc4cnc5c(Nc6cnn(CCN(C)C)c6)cccn45)c3)cc(C(C)(F)F)c2)cn1. The fourth-order valence-electron chi connectivity index (χ4n) is 5.09. The first kappa shape index (κ1) is 32.2. The van der Waals surface area contributed by atoms with Crippen LogP contribution in [0.3, 0.4) is 0 Å². The highest BCUT2D eigenvalue weighted by molar-refractivity contribution is 6.04. The predicted octanol–water partition coefficient (Wildman–Crippen LogP) is 6.40. The summed E-state index contributed by atoms with van der Waals surface area (Å²) in [6, 6.07) is 13.3. The molecule has 244 valence electrons. The van der Waals surface area contributed by atoms with Gasteiger partial charge in [-0.2, -0.15) is 5.10 Å². The van der Waals surface area contributed by atoms with Gasteiger partial charge in [-0.15, -0.1) is 0 Å². The maximum absolute atomic E-state index is 14.4. The molecule has 6 aromatic rings. The number of nitrogens with one attached hydrogen (secondary N) is 2. The molecule has 0 saturated carbocycles. The lowest BCUT2D eigenvalue weighted by molar-refractivity contribution is 0.0175. The summed E-state index contributed by atoms with van der Waals surface area (Å²) < 4.78 is 34.2. The Bertz CT molecular complexity index is 2180. The number of aromatic nitrogens is 6. The average molecular weight is 648 g/mol. The van der Waals surface area contributed by atoms with Gasteiger partial charge >= 0.3 is 0 Å². The first-order chi connectivity index (χ1) is 22.9. The Morgan fingerprint density at radius 2 is 1.83 bits per heavy atom. The van der Waals surface area contributed by atoms with E-state index in [4.69, 9.17) is 0 Å². The quantitative estimate of drug-likeness (QED) is 0.176. The molecule has 4 aromatic heterocycles. The Labute approximate surface area is 277 Å². The van der Waals surface area contributed by atoms with E-state index < -0.39 is 11.8 Å². The summed E-state index contributed by atoms with van der Waals surface area (Å²) in [6.45, 7) is 6.21. The van der Waals surface area contributed by atoms with Crippen molar-refractivity contribution in [3.8, 4) is 17.5 Å². The smallest absolute Gasteiger partial charge is 0.270 e. The number of pyridine rings is 1. The fourth-order valence-corrected chi connectivity index (χ4v) is 5.09. The normalized spacial score (nSPS) is 11.5. The van der Waals surface area contributed by atoms with E-state index in [0.717, 1.165) is 42.6 Å². The Morgan fingerprint density at radius 1 is 1.00 bits per heavy atom. The number of alkyl halides is 2. The van der Waals surface area contributed by atoms with E-state index in [1.54, 1.807) is 47.7 Å². The number of carbonyl (C=O) groups excluding carboxylic acids is 1. The van der Waals surface area contributed by atoms with Crippen molar-refractivity contribution in [2.45, 2.75) is 33.2 Å². The second kappa shape index (κ2) is 13.1. The minimum atomic E-state index is -3.11. The van der Waals surface area contributed by atoms with E-state index in [1.165, 1.54) is 12.1 Å². The standard InChI is InChI=1S/C36H35F2N9O/c1-24-8-9-27(35(48)43-29-16-28(36(3,37)38)17-32(18-29)45-21-25(2)40-23-45)15-26(24)10-11-31-20-39-34-33(7-6-12-47(31)34)42-30-19-41-46(22-30)14-13-44(4)5/h6-9,12,15-23,42H,13-14H2,1-5H3,(H,43,48). The van der Waals surface area contributed by atoms with Gasteiger partial charge in [0.2, 0.25) is 0 Å². The molecule has 0 fully saturated rings. The van der Waals surface area contributed by atoms with Crippen LogP contribution in [0.25, 0.3) is 11.3 Å². The lowest BCUT2D eigenvalue weighted by atomic mass is 10.0. The minimum absolute atomic E-state index is 0.224. The van der Waals surface area contributed by atoms with Gasteiger partial charge in [-0.05, 0) is 81.9 Å². The van der Waals surface area contributed by atoms with Gasteiger partial charge in [-0.25, -0.2) is 18.7 Å². The van der Waals surface area contributed by atoms with Crippen LogP contribution >= 0.6 is 0 Å². The Morgan fingerprint density at radius 3 is 2.58 bits per heavy atom. The third kappa shape index (κ3) is 7.27. The zero-order valence-corrected chi connectivity index (χ0v) is 27.3. The molecule has 0 unspecified atom stereocenters. The Kier molecular flexibility index (Phi) is 8.80. The van der Waals surface area contributed by atoms with Gasteiger partial charge in [0.05, 0.1) is 42.3 Å². The summed E-state index contributed by atoms with van der Waals surface area (Å²) in [7, 11) is 4.05. The molecular formula is C36H35F2N9O. The van der Waals surface area contributed by atoms with Crippen LogP contribution in [-0.4, -0.2) is 60.2 Å². The number of imidazole rings is 2. The van der Waals surface area contributed by atoms with Crippen molar-refractivity contribution in [1.82, 2.24) is 33.6 Å². The molecule has 6 rings (SSSR count). The maximum atomic E-state index is 14.4. The van der Waals surface area contributed by atoms with Gasteiger partial charge < -0.3 is 20.1 Å². The molecule has 2 aromatic carbocycles. The summed E-state index contributed by atoms with van der Waals surface area (Å²) in [5.41, 5.74) is 6.13. The zero-order chi connectivity index (χ0) is 34.0. The zero-order valence-electron chi connectivity index (χ0n) is 27.3. The van der Waals surface area contributed by atoms with Gasteiger partial charge in [0, 0.05) is 60.1 Å². The van der Waals surface area contributed by atoms with Crippen LogP contribution in [0.2, 0.25) is 0 Å². The predicted molar refractivity (Wildman–Crippen MR) is 182 cm³/mol. The second-order valence-corrected chi connectivity index (χ2v) is 12.0. The summed E-state index contributed by atoms with van der Waals surface area (Å²) >= 11 is 0. The maximum Gasteiger partial charge on any atom is 0.270 e. The number of halogens is 2. The molecule has 0 aliphatic heterocycles. The first-order valence-electron chi connectivity index (χ1n) is 15.3. The van der Waals surface area contributed by atoms with Crippen molar-refractivity contribution in [1.29, 1.82) is 0 Å². The van der Waals surface area contributed by atoms with Gasteiger partial charge in [0.1, 0.15) is 5.69 Å². The van der Waals surface area contributed by atoms with Crippen LogP contribution in [0.15, 0.2) is 85.8 Å². The van der Waals surface area contributed by atoms with E-state index in [9.17, 15) is 13.6 Å². The molecule has 4 heterocycles. The monoisotopic (exact) mass is 647 g/mol. The molecular weight excluding hydrogens is 612 g/mol. The van der Waals surface area contributed by atoms with E-state index in [1.807, 2.05) is 67.6 Å². The number of fused-ring (bicyclic) bond motifs is 1. The Balaban J connectivity index is 1.22. The topological polar surface area (TPSA) is 97.3 Å². The average Bonchev–Trinajstić information content (AvgIpc) is 3.79. The molecule has 12 heteroatoms. The lowest BCUT2D eigenvalue weighted by Crippen LogP contribution is -2.18. The van der Waals surface area contributed by atoms with E-state index in [2.05, 4.69) is 42.4 Å². The van der Waals surface area contributed by atoms with Gasteiger partial charge in [-0.3, -0.25) is 13.9 Å². The molecule has 0 radical (unpaired) electrons. The molecule has 0 bridgehead atoms. The van der Waals surface area contributed by atoms with Gasteiger partial charge in [0.15, 0.2) is 5.65 Å². The van der Waals surface area contributed by atoms with E-state index in [0.29, 0.717) is 28.2 Å². The molecule has 0 atom stereocenters. The number of nitrogens with zero attached hydrogens (tertiary/aromatic N) is 7. The number of anilines is 3. The first-order valence-corrected chi connectivity index (χ1v) is 15.3. The highest BCUT2D eigenvalue weighted by Crippen LogP contribution is 2.32. The largest absolute Gasteiger partial charge is 0.350 e. The molecule has 0 aliphatic carbocycles. The van der Waals surface area contributed by atoms with Crippen LogP contribution in [0.4, 0.5) is 25.8 Å². The van der Waals surface area contributed by atoms with Gasteiger partial charge in [-0.1, -0.05) is 12.0 Å². The molecule has 0 spiro atoms. The van der Waals surface area contributed by atoms with Crippen molar-refractivity contribution in [2.75, 3.05) is 31.3 Å².